The molecule has 0 aliphatic rings. The molecule has 0 unspecified atom stereocenters. The largest absolute Gasteiger partial charge is 0.496 e. The van der Waals surface area contributed by atoms with Crippen LogP contribution in [0.4, 0.5) is 8.78 Å². The normalized spacial score (nSPS) is 11.3. The number of carbonyl (C=O) groups excluding carboxylic acids is 1. The summed E-state index contributed by atoms with van der Waals surface area (Å²) >= 11 is 8.81. The van der Waals surface area contributed by atoms with E-state index in [9.17, 15) is 18.8 Å². The van der Waals surface area contributed by atoms with Gasteiger partial charge >= 0.3 is 0 Å². The summed E-state index contributed by atoms with van der Waals surface area (Å²) in [7, 11) is 1.52. The van der Waals surface area contributed by atoms with E-state index in [4.69, 9.17) is 16.3 Å². The molecule has 0 spiro atoms. The molecule has 188 valence electrons. The van der Waals surface area contributed by atoms with Crippen molar-refractivity contribution in [1.82, 2.24) is 10.4 Å². The van der Waals surface area contributed by atoms with Gasteiger partial charge in [-0.05, 0) is 48.4 Å². The average Bonchev–Trinajstić information content (AvgIpc) is 3.23. The quantitative estimate of drug-likeness (QED) is 0.142. The van der Waals surface area contributed by atoms with E-state index in [0.717, 1.165) is 27.4 Å². The number of carbonyl (C=O) groups is 1. The summed E-state index contributed by atoms with van der Waals surface area (Å²) in [5, 5.41) is 14.9. The second-order valence-corrected chi connectivity index (χ2v) is 10.2. The maximum Gasteiger partial charge on any atom is 0.283 e. The van der Waals surface area contributed by atoms with E-state index >= 15 is 0 Å². The van der Waals surface area contributed by atoms with Gasteiger partial charge in [0.1, 0.15) is 27.4 Å². The molecule has 4 rings (SSSR count). The molecular weight excluding hydrogens is 538 g/mol. The van der Waals surface area contributed by atoms with Crippen LogP contribution in [0.25, 0.3) is 10.1 Å². The van der Waals surface area contributed by atoms with Gasteiger partial charge in [0.25, 0.3) is 12.3 Å². The first kappa shape index (κ1) is 26.5. The summed E-state index contributed by atoms with van der Waals surface area (Å²) in [5.74, 6) is 0.463. The van der Waals surface area contributed by atoms with Gasteiger partial charge in [-0.15, -0.1) is 23.1 Å². The maximum absolute atomic E-state index is 13.2. The summed E-state index contributed by atoms with van der Waals surface area (Å²) in [6.07, 6.45) is -1.26. The highest BCUT2D eigenvalue weighted by molar-refractivity contribution is 7.98. The van der Waals surface area contributed by atoms with Gasteiger partial charge in [-0.25, -0.2) is 19.2 Å². The predicted molar refractivity (Wildman–Crippen MR) is 143 cm³/mol. The molecule has 6 nitrogen and oxygen atoms in total. The number of nitrogens with one attached hydrogen (secondary N) is 1. The van der Waals surface area contributed by atoms with E-state index in [1.54, 1.807) is 25.1 Å². The molecule has 4 aromatic rings. The van der Waals surface area contributed by atoms with Gasteiger partial charge in [0, 0.05) is 21.4 Å². The number of amides is 1. The van der Waals surface area contributed by atoms with E-state index in [2.05, 4.69) is 15.5 Å². The van der Waals surface area contributed by atoms with E-state index in [1.807, 2.05) is 30.3 Å². The van der Waals surface area contributed by atoms with Crippen LogP contribution in [0.3, 0.4) is 0 Å². The SMILES string of the molecule is COc1ccc(/C=N\NC(=O)c2sc3ccccc3c2Cl)cc1CSc1nc(C(F)F)cc(C)c1C#N. The van der Waals surface area contributed by atoms with Gasteiger partial charge in [0.2, 0.25) is 0 Å². The van der Waals surface area contributed by atoms with Crippen molar-refractivity contribution in [3.8, 4) is 11.8 Å². The number of pyridine rings is 1. The monoisotopic (exact) mass is 556 g/mol. The van der Waals surface area contributed by atoms with E-state index in [-0.39, 0.29) is 16.3 Å². The molecule has 0 aliphatic heterocycles. The number of methoxy groups -OCH3 is 1. The maximum atomic E-state index is 13.2. The van der Waals surface area contributed by atoms with Crippen LogP contribution in [0.2, 0.25) is 5.02 Å². The van der Waals surface area contributed by atoms with Crippen LogP contribution in [-0.4, -0.2) is 24.2 Å². The number of nitrogens with zero attached hydrogens (tertiary/aromatic N) is 3. The third kappa shape index (κ3) is 5.91. The lowest BCUT2D eigenvalue weighted by Crippen LogP contribution is -2.16. The number of thiophene rings is 1. The Bertz CT molecular complexity index is 1550. The van der Waals surface area contributed by atoms with Crippen molar-refractivity contribution >= 4 is 56.9 Å². The highest BCUT2D eigenvalue weighted by Crippen LogP contribution is 2.35. The average molecular weight is 557 g/mol. The number of aromatic nitrogens is 1. The number of aryl methyl sites for hydroxylation is 1. The second-order valence-electron chi connectivity index (χ2n) is 7.76. The van der Waals surface area contributed by atoms with Crippen molar-refractivity contribution in [3.63, 3.8) is 0 Å². The Kier molecular flexibility index (Phi) is 8.38. The molecule has 0 saturated heterocycles. The fourth-order valence-corrected chi connectivity index (χ4v) is 5.98. The van der Waals surface area contributed by atoms with Crippen LogP contribution < -0.4 is 10.2 Å². The zero-order valence-electron chi connectivity index (χ0n) is 19.6. The summed E-state index contributed by atoms with van der Waals surface area (Å²) in [6.45, 7) is 1.61. The standard InChI is InChI=1S/C26H19ClF2N4O2S2/c1-14-9-19(24(28)29)32-26(18(14)11-30)36-13-16-10-15(7-8-20(16)35-2)12-31-33-25(34)23-22(27)17-5-3-4-6-21(17)37-23/h3-10,12,24H,13H2,1-2H3,(H,33,34)/b31-12-. The lowest BCUT2D eigenvalue weighted by molar-refractivity contribution is 0.0959. The van der Waals surface area contributed by atoms with Crippen LogP contribution in [0.1, 0.15) is 44.0 Å². The molecule has 0 bridgehead atoms. The molecule has 1 amide bonds. The third-order valence-corrected chi connectivity index (χ3v) is 8.03. The number of ether oxygens (including phenoxy) is 1. The number of benzene rings is 2. The van der Waals surface area contributed by atoms with Crippen molar-refractivity contribution in [3.05, 3.63) is 86.4 Å². The van der Waals surface area contributed by atoms with Crippen molar-refractivity contribution in [1.29, 1.82) is 5.26 Å². The van der Waals surface area contributed by atoms with Crippen molar-refractivity contribution < 1.29 is 18.3 Å². The Morgan fingerprint density at radius 3 is 2.81 bits per heavy atom. The van der Waals surface area contributed by atoms with Crippen LogP contribution in [0.5, 0.6) is 5.75 Å². The molecule has 37 heavy (non-hydrogen) atoms. The van der Waals surface area contributed by atoms with E-state index in [1.165, 1.54) is 30.7 Å². The first-order chi connectivity index (χ1) is 17.8. The molecular formula is C26H19ClF2N4O2S2. The van der Waals surface area contributed by atoms with E-state index < -0.39 is 12.3 Å². The number of fused-ring (bicyclic) bond motifs is 1. The lowest BCUT2D eigenvalue weighted by Gasteiger charge is -2.11. The van der Waals surface area contributed by atoms with Crippen LogP contribution in [-0.2, 0) is 5.75 Å². The van der Waals surface area contributed by atoms with Crippen LogP contribution >= 0.6 is 34.7 Å². The molecule has 2 aromatic heterocycles. The summed E-state index contributed by atoms with van der Waals surface area (Å²) in [4.78, 5) is 17.0. The number of hydrogen-bond acceptors (Lipinski definition) is 7. The molecule has 1 N–H and O–H groups in total. The van der Waals surface area contributed by atoms with Crippen molar-refractivity contribution in [2.75, 3.05) is 7.11 Å². The highest BCUT2D eigenvalue weighted by atomic mass is 35.5. The Labute approximate surface area is 224 Å². The number of nitriles is 1. The molecule has 2 heterocycles. The Balaban J connectivity index is 1.50. The molecule has 0 aliphatic carbocycles. The third-order valence-electron chi connectivity index (χ3n) is 5.33. The molecule has 2 aromatic carbocycles. The van der Waals surface area contributed by atoms with Gasteiger partial charge in [-0.3, -0.25) is 4.79 Å². The number of rotatable bonds is 8. The van der Waals surface area contributed by atoms with Gasteiger partial charge in [-0.1, -0.05) is 29.8 Å². The van der Waals surface area contributed by atoms with Crippen molar-refractivity contribution in [2.45, 2.75) is 24.1 Å². The second kappa shape index (κ2) is 11.7. The zero-order chi connectivity index (χ0) is 26.5. The number of halogens is 3. The minimum Gasteiger partial charge on any atom is -0.496 e. The minimum absolute atomic E-state index is 0.228. The first-order valence-electron chi connectivity index (χ1n) is 10.8. The predicted octanol–water partition coefficient (Wildman–Crippen LogP) is 7.13. The molecule has 0 fully saturated rings. The molecule has 0 saturated carbocycles. The highest BCUT2D eigenvalue weighted by Gasteiger charge is 2.18. The summed E-state index contributed by atoms with van der Waals surface area (Å²) in [5.41, 5.74) is 4.23. The summed E-state index contributed by atoms with van der Waals surface area (Å²) < 4.78 is 32.8. The van der Waals surface area contributed by atoms with Gasteiger partial charge in [0.05, 0.1) is 23.9 Å². The summed E-state index contributed by atoms with van der Waals surface area (Å²) in [6, 6.07) is 16.0. The van der Waals surface area contributed by atoms with Gasteiger partial charge in [-0.2, -0.15) is 10.4 Å². The number of alkyl halides is 2. The van der Waals surface area contributed by atoms with E-state index in [0.29, 0.717) is 32.5 Å². The molecule has 11 heteroatoms. The van der Waals surface area contributed by atoms with Crippen LogP contribution in [0, 0.1) is 18.3 Å². The molecule has 0 atom stereocenters. The van der Waals surface area contributed by atoms with Crippen molar-refractivity contribution in [2.24, 2.45) is 5.10 Å². The number of hydrogen-bond donors (Lipinski definition) is 1. The fourth-order valence-electron chi connectivity index (χ4n) is 3.53. The topological polar surface area (TPSA) is 87.4 Å². The Morgan fingerprint density at radius 2 is 2.11 bits per heavy atom. The molecule has 0 radical (unpaired) electrons. The fraction of sp³-hybridized carbons (Fsp3) is 0.154. The first-order valence-corrected chi connectivity index (χ1v) is 13.0. The smallest absolute Gasteiger partial charge is 0.283 e. The Morgan fingerprint density at radius 1 is 1.32 bits per heavy atom. The lowest BCUT2D eigenvalue weighted by atomic mass is 10.1. The van der Waals surface area contributed by atoms with Gasteiger partial charge < -0.3 is 4.74 Å². The number of hydrazone groups is 1. The zero-order valence-corrected chi connectivity index (χ0v) is 22.0. The van der Waals surface area contributed by atoms with Crippen LogP contribution in [0.15, 0.2) is 58.7 Å². The minimum atomic E-state index is -2.74. The number of thioether (sulfide) groups is 1. The van der Waals surface area contributed by atoms with Gasteiger partial charge in [0.15, 0.2) is 0 Å². The Hall–Kier alpha value is -3.52.